The number of ether oxygens (including phenoxy) is 2. The Morgan fingerprint density at radius 3 is 2.04 bits per heavy atom. The van der Waals surface area contributed by atoms with E-state index in [-0.39, 0.29) is 5.97 Å². The second-order valence-corrected chi connectivity index (χ2v) is 7.78. The van der Waals surface area contributed by atoms with E-state index in [1.807, 2.05) is 34.6 Å². The van der Waals surface area contributed by atoms with Crippen molar-refractivity contribution >= 4 is 27.9 Å². The highest BCUT2D eigenvalue weighted by Crippen LogP contribution is 2.34. The molecule has 0 aliphatic rings. The van der Waals surface area contributed by atoms with Crippen LogP contribution in [-0.4, -0.2) is 17.5 Å². The summed E-state index contributed by atoms with van der Waals surface area (Å²) in [5.41, 5.74) is 8.80. The number of halogens is 1. The lowest BCUT2D eigenvalue weighted by Crippen LogP contribution is -2.36. The van der Waals surface area contributed by atoms with Gasteiger partial charge in [-0.15, -0.1) is 0 Å². The highest BCUT2D eigenvalue weighted by Gasteiger charge is 2.32. The summed E-state index contributed by atoms with van der Waals surface area (Å²) >= 11 is 3.24. The van der Waals surface area contributed by atoms with Crippen LogP contribution >= 0.6 is 15.9 Å². The zero-order valence-corrected chi connectivity index (χ0v) is 16.3. The van der Waals surface area contributed by atoms with E-state index in [0.29, 0.717) is 16.7 Å². The van der Waals surface area contributed by atoms with Crippen LogP contribution in [0.2, 0.25) is 0 Å². The van der Waals surface area contributed by atoms with E-state index >= 15 is 0 Å². The third-order valence-electron chi connectivity index (χ3n) is 3.36. The van der Waals surface area contributed by atoms with Crippen molar-refractivity contribution < 1.29 is 19.1 Å². The lowest BCUT2D eigenvalue weighted by molar-refractivity contribution is -0.148. The van der Waals surface area contributed by atoms with Gasteiger partial charge < -0.3 is 9.47 Å². The van der Waals surface area contributed by atoms with Gasteiger partial charge in [-0.25, -0.2) is 4.79 Å². The number of rotatable bonds is 3. The number of alkyl halides is 1. The van der Waals surface area contributed by atoms with Gasteiger partial charge in [-0.05, 0) is 80.2 Å². The zero-order valence-electron chi connectivity index (χ0n) is 14.7. The smallest absolute Gasteiger partial charge is 0.339 e. The lowest BCUT2D eigenvalue weighted by Gasteiger charge is -2.27. The Hall–Kier alpha value is -1.40. The molecule has 0 radical (unpaired) electrons. The SMILES string of the molecule is CC(=O)OC(N)(Br)c1cc(C)c(C(=O)OC(C)(C)C)c(C)c1C. The fourth-order valence-corrected chi connectivity index (χ4v) is 2.98. The first-order valence-corrected chi connectivity index (χ1v) is 8.07. The van der Waals surface area contributed by atoms with Crippen LogP contribution in [0.25, 0.3) is 0 Å². The zero-order chi connectivity index (χ0) is 18.2. The summed E-state index contributed by atoms with van der Waals surface area (Å²) in [6.07, 6.45) is 0. The summed E-state index contributed by atoms with van der Waals surface area (Å²) in [4.78, 5) is 23.7. The topological polar surface area (TPSA) is 78.6 Å². The fraction of sp³-hybridized carbons (Fsp3) is 0.529. The number of nitrogens with two attached hydrogens (primary N) is 1. The molecule has 6 heteroatoms. The number of hydrogen-bond acceptors (Lipinski definition) is 5. The van der Waals surface area contributed by atoms with Crippen LogP contribution in [0.3, 0.4) is 0 Å². The van der Waals surface area contributed by atoms with Crippen LogP contribution < -0.4 is 5.73 Å². The minimum Gasteiger partial charge on any atom is -0.456 e. The fourth-order valence-electron chi connectivity index (χ4n) is 2.34. The Kier molecular flexibility index (Phi) is 5.65. The highest BCUT2D eigenvalue weighted by molar-refractivity contribution is 9.09. The van der Waals surface area contributed by atoms with Gasteiger partial charge in [0.2, 0.25) is 4.63 Å². The second kappa shape index (κ2) is 6.61. The molecule has 1 unspecified atom stereocenters. The predicted octanol–water partition coefficient (Wildman–Crippen LogP) is 3.59. The van der Waals surface area contributed by atoms with E-state index in [9.17, 15) is 9.59 Å². The molecule has 0 aliphatic carbocycles. The molecule has 0 saturated heterocycles. The molecule has 5 nitrogen and oxygen atoms in total. The molecule has 0 aliphatic heterocycles. The maximum absolute atomic E-state index is 12.4. The number of carbonyl (C=O) groups is 2. The van der Waals surface area contributed by atoms with Crippen molar-refractivity contribution in [3.63, 3.8) is 0 Å². The molecule has 1 aromatic rings. The van der Waals surface area contributed by atoms with Gasteiger partial charge >= 0.3 is 11.9 Å². The lowest BCUT2D eigenvalue weighted by atomic mass is 9.92. The average molecular weight is 386 g/mol. The van der Waals surface area contributed by atoms with Crippen LogP contribution in [0.4, 0.5) is 0 Å². The number of benzene rings is 1. The number of hydrogen-bond donors (Lipinski definition) is 1. The van der Waals surface area contributed by atoms with Crippen LogP contribution in [0.1, 0.15) is 60.3 Å². The predicted molar refractivity (Wildman–Crippen MR) is 92.4 cm³/mol. The molecule has 23 heavy (non-hydrogen) atoms. The summed E-state index contributed by atoms with van der Waals surface area (Å²) in [7, 11) is 0. The van der Waals surface area contributed by atoms with Crippen LogP contribution in [-0.2, 0) is 18.9 Å². The quantitative estimate of drug-likeness (QED) is 0.372. The van der Waals surface area contributed by atoms with E-state index < -0.39 is 16.2 Å². The number of carbonyl (C=O) groups excluding carboxylic acids is 2. The molecule has 0 aromatic heterocycles. The molecule has 0 saturated carbocycles. The maximum atomic E-state index is 12.4. The molecule has 1 aromatic carbocycles. The van der Waals surface area contributed by atoms with Crippen molar-refractivity contribution in [1.82, 2.24) is 0 Å². The molecular weight excluding hydrogens is 362 g/mol. The van der Waals surface area contributed by atoms with Crippen molar-refractivity contribution in [2.24, 2.45) is 5.73 Å². The highest BCUT2D eigenvalue weighted by atomic mass is 79.9. The van der Waals surface area contributed by atoms with Crippen molar-refractivity contribution in [1.29, 1.82) is 0 Å². The van der Waals surface area contributed by atoms with E-state index in [2.05, 4.69) is 15.9 Å². The largest absolute Gasteiger partial charge is 0.456 e. The molecule has 0 fully saturated rings. The Morgan fingerprint density at radius 2 is 1.61 bits per heavy atom. The molecule has 0 heterocycles. The van der Waals surface area contributed by atoms with Gasteiger partial charge in [-0.2, -0.15) is 0 Å². The number of esters is 2. The van der Waals surface area contributed by atoms with Crippen LogP contribution in [0.5, 0.6) is 0 Å². The minimum absolute atomic E-state index is 0.383. The Morgan fingerprint density at radius 1 is 1.09 bits per heavy atom. The summed E-state index contributed by atoms with van der Waals surface area (Å²) in [6, 6.07) is 1.74. The summed E-state index contributed by atoms with van der Waals surface area (Å²) in [5, 5.41) is 0. The first-order valence-electron chi connectivity index (χ1n) is 7.28. The van der Waals surface area contributed by atoms with E-state index in [1.54, 1.807) is 13.0 Å². The second-order valence-electron chi connectivity index (χ2n) is 6.61. The Balaban J connectivity index is 3.40. The Bertz CT molecular complexity index is 645. The molecule has 1 atom stereocenters. The van der Waals surface area contributed by atoms with Gasteiger partial charge in [-0.3, -0.25) is 10.5 Å². The van der Waals surface area contributed by atoms with Crippen LogP contribution in [0.15, 0.2) is 6.07 Å². The van der Waals surface area contributed by atoms with E-state index in [4.69, 9.17) is 15.2 Å². The molecule has 2 N–H and O–H groups in total. The minimum atomic E-state index is -1.44. The third kappa shape index (κ3) is 4.78. The van der Waals surface area contributed by atoms with Gasteiger partial charge in [0.05, 0.1) is 5.56 Å². The Labute approximate surface area is 145 Å². The molecule has 1 rings (SSSR count). The first kappa shape index (κ1) is 19.6. The van der Waals surface area contributed by atoms with Gasteiger partial charge in [0.25, 0.3) is 0 Å². The summed E-state index contributed by atoms with van der Waals surface area (Å²) in [6.45, 7) is 12.2. The van der Waals surface area contributed by atoms with E-state index in [0.717, 1.165) is 11.1 Å². The van der Waals surface area contributed by atoms with Crippen molar-refractivity contribution in [2.75, 3.05) is 0 Å². The van der Waals surface area contributed by atoms with Gasteiger partial charge in [0, 0.05) is 12.5 Å². The number of aryl methyl sites for hydroxylation is 1. The van der Waals surface area contributed by atoms with Crippen molar-refractivity contribution in [3.8, 4) is 0 Å². The molecule has 128 valence electrons. The van der Waals surface area contributed by atoms with Gasteiger partial charge in [0.1, 0.15) is 5.60 Å². The molecule has 0 amide bonds. The molecule has 0 bridgehead atoms. The molecule has 0 spiro atoms. The monoisotopic (exact) mass is 385 g/mol. The average Bonchev–Trinajstić information content (AvgIpc) is 2.29. The normalized spacial score (nSPS) is 14.1. The summed E-state index contributed by atoms with van der Waals surface area (Å²) in [5.74, 6) is -0.887. The maximum Gasteiger partial charge on any atom is 0.339 e. The van der Waals surface area contributed by atoms with Crippen LogP contribution in [0, 0.1) is 20.8 Å². The molecular formula is C17H24BrNO4. The van der Waals surface area contributed by atoms with E-state index in [1.165, 1.54) is 6.92 Å². The third-order valence-corrected chi connectivity index (χ3v) is 3.95. The van der Waals surface area contributed by atoms with Gasteiger partial charge in [0.15, 0.2) is 0 Å². The van der Waals surface area contributed by atoms with Gasteiger partial charge in [-0.1, -0.05) is 0 Å². The standard InChI is InChI=1S/C17H24BrNO4/c1-9-8-13(17(18,19)22-12(4)20)10(2)11(3)14(9)15(21)23-16(5,6)7/h8H,19H2,1-7H3. The van der Waals surface area contributed by atoms with Crippen molar-refractivity contribution in [3.05, 3.63) is 33.9 Å². The van der Waals surface area contributed by atoms with Crippen molar-refractivity contribution in [2.45, 2.75) is 58.7 Å². The first-order chi connectivity index (χ1) is 10.3. The summed E-state index contributed by atoms with van der Waals surface area (Å²) < 4.78 is 9.16.